The Labute approximate surface area is 175 Å². The van der Waals surface area contributed by atoms with Gasteiger partial charge in [-0.25, -0.2) is 14.1 Å². The highest BCUT2D eigenvalue weighted by atomic mass is 19.1. The molecule has 6 nitrogen and oxygen atoms in total. The van der Waals surface area contributed by atoms with E-state index in [9.17, 15) is 9.18 Å². The second-order valence-electron chi connectivity index (χ2n) is 7.42. The number of carbonyl (C=O) groups excluding carboxylic acids is 1. The van der Waals surface area contributed by atoms with E-state index in [2.05, 4.69) is 23.9 Å². The van der Waals surface area contributed by atoms with E-state index in [0.29, 0.717) is 18.2 Å². The fourth-order valence-corrected chi connectivity index (χ4v) is 3.22. The lowest BCUT2D eigenvalue weighted by molar-refractivity contribution is 0.0990. The molecule has 0 saturated heterocycles. The van der Waals surface area contributed by atoms with Crippen LogP contribution in [0.15, 0.2) is 48.5 Å². The molecule has 3 aromatic rings. The van der Waals surface area contributed by atoms with Gasteiger partial charge < -0.3 is 10.5 Å². The monoisotopic (exact) mass is 410 g/mol. The Kier molecular flexibility index (Phi) is 7.30. The summed E-state index contributed by atoms with van der Waals surface area (Å²) in [6.45, 7) is 5.76. The van der Waals surface area contributed by atoms with Crippen molar-refractivity contribution in [3.8, 4) is 17.1 Å². The first-order chi connectivity index (χ1) is 14.5. The van der Waals surface area contributed by atoms with Crippen LogP contribution in [-0.4, -0.2) is 33.9 Å². The maximum absolute atomic E-state index is 14.4. The molecule has 158 valence electrons. The smallest absolute Gasteiger partial charge is 0.288 e. The van der Waals surface area contributed by atoms with Crippen molar-refractivity contribution in [2.75, 3.05) is 13.2 Å². The van der Waals surface area contributed by atoms with E-state index in [1.165, 1.54) is 10.7 Å². The fraction of sp³-hybridized carbons (Fsp3) is 0.348. The van der Waals surface area contributed by atoms with Crippen molar-refractivity contribution in [1.82, 2.24) is 14.8 Å². The van der Waals surface area contributed by atoms with Crippen LogP contribution in [0.1, 0.15) is 42.9 Å². The second-order valence-corrected chi connectivity index (χ2v) is 7.42. The fourth-order valence-electron chi connectivity index (χ4n) is 3.22. The molecule has 0 aliphatic rings. The summed E-state index contributed by atoms with van der Waals surface area (Å²) in [6, 6.07) is 14.0. The molecule has 1 aromatic heterocycles. The topological polar surface area (TPSA) is 83.0 Å². The zero-order valence-electron chi connectivity index (χ0n) is 17.3. The Morgan fingerprint density at radius 2 is 2.03 bits per heavy atom. The third-order valence-corrected chi connectivity index (χ3v) is 4.73. The Balaban J connectivity index is 1.88. The first-order valence-corrected chi connectivity index (χ1v) is 10.2. The first-order valence-electron chi connectivity index (χ1n) is 10.2. The minimum Gasteiger partial charge on any atom is -0.381 e. The molecule has 0 spiro atoms. The zero-order valence-corrected chi connectivity index (χ0v) is 17.3. The zero-order chi connectivity index (χ0) is 21.5. The summed E-state index contributed by atoms with van der Waals surface area (Å²) in [5.74, 6) is -0.789. The van der Waals surface area contributed by atoms with Crippen LogP contribution >= 0.6 is 0 Å². The maximum atomic E-state index is 14.4. The lowest BCUT2D eigenvalue weighted by atomic mass is 10.0. The largest absolute Gasteiger partial charge is 0.381 e. The molecule has 0 saturated carbocycles. The van der Waals surface area contributed by atoms with Crippen molar-refractivity contribution in [1.29, 1.82) is 0 Å². The van der Waals surface area contributed by atoms with Crippen LogP contribution < -0.4 is 5.73 Å². The van der Waals surface area contributed by atoms with E-state index in [1.54, 1.807) is 18.2 Å². The number of benzene rings is 2. The van der Waals surface area contributed by atoms with Gasteiger partial charge in [0, 0.05) is 13.2 Å². The third-order valence-electron chi connectivity index (χ3n) is 4.73. The first kappa shape index (κ1) is 21.6. The lowest BCUT2D eigenvalue weighted by Crippen LogP contribution is -2.13. The highest BCUT2D eigenvalue weighted by molar-refractivity contribution is 5.89. The van der Waals surface area contributed by atoms with Crippen LogP contribution in [0.3, 0.4) is 0 Å². The number of hydrogen-bond donors (Lipinski definition) is 1. The van der Waals surface area contributed by atoms with Gasteiger partial charge in [-0.1, -0.05) is 44.5 Å². The van der Waals surface area contributed by atoms with Crippen molar-refractivity contribution in [2.24, 2.45) is 11.7 Å². The molecule has 1 amide bonds. The number of hydrogen-bond acceptors (Lipinski definition) is 4. The van der Waals surface area contributed by atoms with Gasteiger partial charge in [-0.3, -0.25) is 4.79 Å². The van der Waals surface area contributed by atoms with Gasteiger partial charge in [0.2, 0.25) is 5.82 Å². The van der Waals surface area contributed by atoms with Gasteiger partial charge >= 0.3 is 0 Å². The lowest BCUT2D eigenvalue weighted by Gasteiger charge is -2.13. The molecule has 2 N–H and O–H groups in total. The number of rotatable bonds is 10. The molecule has 7 heteroatoms. The number of amides is 1. The van der Waals surface area contributed by atoms with Gasteiger partial charge in [-0.2, -0.15) is 0 Å². The molecular weight excluding hydrogens is 383 g/mol. The molecule has 0 fully saturated rings. The minimum absolute atomic E-state index is 0.156. The van der Waals surface area contributed by atoms with Gasteiger partial charge in [0.15, 0.2) is 5.82 Å². The summed E-state index contributed by atoms with van der Waals surface area (Å²) < 4.78 is 21.6. The minimum atomic E-state index is -0.764. The van der Waals surface area contributed by atoms with Gasteiger partial charge in [0.25, 0.3) is 5.91 Å². The van der Waals surface area contributed by atoms with Crippen LogP contribution in [0.5, 0.6) is 0 Å². The van der Waals surface area contributed by atoms with Crippen molar-refractivity contribution < 1.29 is 13.9 Å². The molecule has 0 aliphatic carbocycles. The second kappa shape index (κ2) is 10.1. The van der Waals surface area contributed by atoms with Gasteiger partial charge in [-0.15, -0.1) is 5.10 Å². The quantitative estimate of drug-likeness (QED) is 0.509. The molecule has 2 aromatic carbocycles. The summed E-state index contributed by atoms with van der Waals surface area (Å²) in [4.78, 5) is 15.8. The standard InChI is InChI=1S/C23H27FN4O2/c1-3-4-12-30-15-16(2)13-17-8-7-9-18(14-17)28-23(26-22(27-28)21(25)29)19-10-5-6-11-20(19)24/h5-11,14,16H,3-4,12-13,15H2,1-2H3,(H2,25,29). The molecule has 0 bridgehead atoms. The van der Waals surface area contributed by atoms with Crippen molar-refractivity contribution >= 4 is 5.91 Å². The summed E-state index contributed by atoms with van der Waals surface area (Å²) in [5.41, 5.74) is 7.40. The number of aromatic nitrogens is 3. The van der Waals surface area contributed by atoms with E-state index < -0.39 is 11.7 Å². The summed E-state index contributed by atoms with van der Waals surface area (Å²) in [5, 5.41) is 4.23. The molecule has 1 heterocycles. The molecular formula is C23H27FN4O2. The molecule has 30 heavy (non-hydrogen) atoms. The van der Waals surface area contributed by atoms with Crippen LogP contribution in [0.25, 0.3) is 17.1 Å². The highest BCUT2D eigenvalue weighted by Gasteiger charge is 2.19. The number of primary amides is 1. The molecule has 0 aliphatic heterocycles. The van der Waals surface area contributed by atoms with E-state index in [1.807, 2.05) is 24.3 Å². The van der Waals surface area contributed by atoms with E-state index in [0.717, 1.165) is 31.4 Å². The normalized spacial score (nSPS) is 12.1. The maximum Gasteiger partial charge on any atom is 0.288 e. The van der Waals surface area contributed by atoms with E-state index in [4.69, 9.17) is 10.5 Å². The number of halogens is 1. The SMILES string of the molecule is CCCCOCC(C)Cc1cccc(-n2nc(C(N)=O)nc2-c2ccccc2F)c1. The number of unbranched alkanes of at least 4 members (excludes halogenated alkanes) is 1. The Hall–Kier alpha value is -3.06. The van der Waals surface area contributed by atoms with Crippen molar-refractivity contribution in [2.45, 2.75) is 33.1 Å². The van der Waals surface area contributed by atoms with Crippen LogP contribution in [0.2, 0.25) is 0 Å². The van der Waals surface area contributed by atoms with Crippen molar-refractivity contribution in [3.05, 3.63) is 65.7 Å². The van der Waals surface area contributed by atoms with Crippen LogP contribution in [0.4, 0.5) is 4.39 Å². The van der Waals surface area contributed by atoms with Gasteiger partial charge in [0.05, 0.1) is 11.3 Å². The highest BCUT2D eigenvalue weighted by Crippen LogP contribution is 2.24. The van der Waals surface area contributed by atoms with E-state index in [-0.39, 0.29) is 17.2 Å². The summed E-state index contributed by atoms with van der Waals surface area (Å²) >= 11 is 0. The van der Waals surface area contributed by atoms with E-state index >= 15 is 0 Å². The average Bonchev–Trinajstić information content (AvgIpc) is 3.17. The van der Waals surface area contributed by atoms with Gasteiger partial charge in [-0.05, 0) is 48.6 Å². The molecule has 3 rings (SSSR count). The Morgan fingerprint density at radius 3 is 2.77 bits per heavy atom. The number of carbonyl (C=O) groups is 1. The van der Waals surface area contributed by atoms with Crippen LogP contribution in [0, 0.1) is 11.7 Å². The number of nitrogens with zero attached hydrogens (tertiary/aromatic N) is 3. The number of nitrogens with two attached hydrogens (primary N) is 1. The molecule has 1 unspecified atom stereocenters. The van der Waals surface area contributed by atoms with Gasteiger partial charge in [0.1, 0.15) is 5.82 Å². The predicted octanol–water partition coefficient (Wildman–Crippen LogP) is 4.17. The Morgan fingerprint density at radius 1 is 1.23 bits per heavy atom. The number of ether oxygens (including phenoxy) is 1. The van der Waals surface area contributed by atoms with Crippen molar-refractivity contribution in [3.63, 3.8) is 0 Å². The summed E-state index contributed by atoms with van der Waals surface area (Å²) in [6.07, 6.45) is 3.01. The average molecular weight is 410 g/mol. The predicted molar refractivity (Wildman–Crippen MR) is 114 cm³/mol. The third kappa shape index (κ3) is 5.30. The molecule has 0 radical (unpaired) electrons. The summed E-state index contributed by atoms with van der Waals surface area (Å²) in [7, 11) is 0. The Bertz CT molecular complexity index is 1000. The molecule has 1 atom stereocenters. The van der Waals surface area contributed by atoms with Crippen LogP contribution in [-0.2, 0) is 11.2 Å².